The van der Waals surface area contributed by atoms with Crippen LogP contribution >= 0.6 is 35.3 Å². The van der Waals surface area contributed by atoms with Crippen molar-refractivity contribution < 1.29 is 4.39 Å². The SMILES string of the molecule is CN=C(NCCc1ccccc1F)NC1CCN(c2cccs2)CC1.I. The van der Waals surface area contributed by atoms with E-state index >= 15 is 0 Å². The Labute approximate surface area is 175 Å². The van der Waals surface area contributed by atoms with Gasteiger partial charge in [-0.05, 0) is 48.4 Å². The molecule has 7 heteroatoms. The molecule has 2 N–H and O–H groups in total. The van der Waals surface area contributed by atoms with Crippen molar-refractivity contribution in [1.82, 2.24) is 10.6 Å². The van der Waals surface area contributed by atoms with Crippen LogP contribution < -0.4 is 15.5 Å². The van der Waals surface area contributed by atoms with Crippen LogP contribution in [-0.2, 0) is 6.42 Å². The summed E-state index contributed by atoms with van der Waals surface area (Å²) >= 11 is 1.80. The van der Waals surface area contributed by atoms with Crippen LogP contribution in [0.2, 0.25) is 0 Å². The maximum absolute atomic E-state index is 13.6. The van der Waals surface area contributed by atoms with Gasteiger partial charge in [0.25, 0.3) is 0 Å². The minimum Gasteiger partial charge on any atom is -0.363 e. The lowest BCUT2D eigenvalue weighted by molar-refractivity contribution is 0.463. The van der Waals surface area contributed by atoms with E-state index in [0.717, 1.165) is 37.5 Å². The van der Waals surface area contributed by atoms with E-state index in [1.165, 1.54) is 11.1 Å². The summed E-state index contributed by atoms with van der Waals surface area (Å²) in [6.07, 6.45) is 2.82. The first-order valence-corrected chi connectivity index (χ1v) is 9.63. The van der Waals surface area contributed by atoms with Crippen molar-refractivity contribution in [3.8, 4) is 0 Å². The third-order valence-corrected chi connectivity index (χ3v) is 5.45. The van der Waals surface area contributed by atoms with Gasteiger partial charge in [0, 0.05) is 32.7 Å². The molecule has 0 spiro atoms. The summed E-state index contributed by atoms with van der Waals surface area (Å²) < 4.78 is 13.6. The molecule has 1 aliphatic heterocycles. The molecule has 0 unspecified atom stereocenters. The lowest BCUT2D eigenvalue weighted by Crippen LogP contribution is -2.49. The number of nitrogens with zero attached hydrogens (tertiary/aromatic N) is 2. The normalized spacial score (nSPS) is 15.5. The highest BCUT2D eigenvalue weighted by Gasteiger charge is 2.20. The molecule has 1 aliphatic rings. The van der Waals surface area contributed by atoms with Gasteiger partial charge < -0.3 is 15.5 Å². The van der Waals surface area contributed by atoms with Crippen molar-refractivity contribution in [2.75, 3.05) is 31.6 Å². The zero-order chi connectivity index (χ0) is 17.5. The van der Waals surface area contributed by atoms with E-state index in [1.807, 2.05) is 12.1 Å². The Morgan fingerprint density at radius 2 is 2.00 bits per heavy atom. The molecule has 0 radical (unpaired) electrons. The Hall–Kier alpha value is -1.35. The Morgan fingerprint density at radius 3 is 2.65 bits per heavy atom. The van der Waals surface area contributed by atoms with Crippen LogP contribution in [-0.4, -0.2) is 38.7 Å². The van der Waals surface area contributed by atoms with E-state index in [1.54, 1.807) is 24.5 Å². The maximum atomic E-state index is 13.6. The van der Waals surface area contributed by atoms with Gasteiger partial charge in [-0.25, -0.2) is 4.39 Å². The van der Waals surface area contributed by atoms with Crippen molar-refractivity contribution in [3.05, 3.63) is 53.2 Å². The van der Waals surface area contributed by atoms with Gasteiger partial charge in [-0.2, -0.15) is 0 Å². The molecule has 4 nitrogen and oxygen atoms in total. The predicted molar refractivity (Wildman–Crippen MR) is 120 cm³/mol. The average Bonchev–Trinajstić information content (AvgIpc) is 3.17. The molecule has 0 saturated carbocycles. The van der Waals surface area contributed by atoms with Crippen molar-refractivity contribution in [2.24, 2.45) is 4.99 Å². The number of anilines is 1. The number of piperidine rings is 1. The summed E-state index contributed by atoms with van der Waals surface area (Å²) in [5.41, 5.74) is 0.731. The number of rotatable bonds is 5. The molecule has 0 aliphatic carbocycles. The van der Waals surface area contributed by atoms with Crippen molar-refractivity contribution in [2.45, 2.75) is 25.3 Å². The first kappa shape index (κ1) is 21.0. The van der Waals surface area contributed by atoms with Gasteiger partial charge in [0.2, 0.25) is 0 Å². The van der Waals surface area contributed by atoms with Gasteiger partial charge in [-0.1, -0.05) is 18.2 Å². The van der Waals surface area contributed by atoms with Crippen LogP contribution in [0.4, 0.5) is 9.39 Å². The van der Waals surface area contributed by atoms with Gasteiger partial charge in [-0.3, -0.25) is 4.99 Å². The fraction of sp³-hybridized carbons (Fsp3) is 0.421. The van der Waals surface area contributed by atoms with Crippen LogP contribution in [0.1, 0.15) is 18.4 Å². The fourth-order valence-corrected chi connectivity index (χ4v) is 3.88. The summed E-state index contributed by atoms with van der Waals surface area (Å²) in [5, 5.41) is 10.3. The van der Waals surface area contributed by atoms with E-state index in [0.29, 0.717) is 19.0 Å². The number of nitrogens with one attached hydrogen (secondary N) is 2. The average molecular weight is 488 g/mol. The molecular weight excluding hydrogens is 462 g/mol. The van der Waals surface area contributed by atoms with Gasteiger partial charge in [0.05, 0.1) is 5.00 Å². The molecule has 1 saturated heterocycles. The van der Waals surface area contributed by atoms with E-state index in [-0.39, 0.29) is 29.8 Å². The molecule has 1 aromatic carbocycles. The van der Waals surface area contributed by atoms with Gasteiger partial charge in [-0.15, -0.1) is 35.3 Å². The summed E-state index contributed by atoms with van der Waals surface area (Å²) in [6.45, 7) is 2.78. The van der Waals surface area contributed by atoms with E-state index in [2.05, 4.69) is 38.0 Å². The second-order valence-electron chi connectivity index (χ2n) is 6.20. The number of hydrogen-bond acceptors (Lipinski definition) is 3. The monoisotopic (exact) mass is 488 g/mol. The van der Waals surface area contributed by atoms with Crippen molar-refractivity contribution in [1.29, 1.82) is 0 Å². The Bertz CT molecular complexity index is 685. The van der Waals surface area contributed by atoms with Crippen molar-refractivity contribution >= 4 is 46.3 Å². The summed E-state index contributed by atoms with van der Waals surface area (Å²) in [6, 6.07) is 11.6. The van der Waals surface area contributed by atoms with Crippen LogP contribution in [0.5, 0.6) is 0 Å². The number of guanidine groups is 1. The zero-order valence-corrected chi connectivity index (χ0v) is 18.1. The molecule has 1 aromatic heterocycles. The van der Waals surface area contributed by atoms with E-state index in [9.17, 15) is 4.39 Å². The van der Waals surface area contributed by atoms with Gasteiger partial charge >= 0.3 is 0 Å². The quantitative estimate of drug-likeness (QED) is 0.381. The van der Waals surface area contributed by atoms with Gasteiger partial charge in [0.15, 0.2) is 5.96 Å². The standard InChI is InChI=1S/C19H25FN4S.HI/c1-21-19(22-11-8-15-5-2-3-6-17(15)20)23-16-9-12-24(13-10-16)18-7-4-14-25-18;/h2-7,14,16H,8-13H2,1H3,(H2,21,22,23);1H. The number of aliphatic imine (C=N–C) groups is 1. The Morgan fingerprint density at radius 1 is 1.23 bits per heavy atom. The fourth-order valence-electron chi connectivity index (χ4n) is 3.10. The number of benzene rings is 1. The number of hydrogen-bond donors (Lipinski definition) is 2. The summed E-state index contributed by atoms with van der Waals surface area (Å²) in [7, 11) is 1.78. The predicted octanol–water partition coefficient (Wildman–Crippen LogP) is 3.88. The topological polar surface area (TPSA) is 39.7 Å². The minimum absolute atomic E-state index is 0. The van der Waals surface area contributed by atoms with Crippen LogP contribution in [0.3, 0.4) is 0 Å². The molecule has 26 heavy (non-hydrogen) atoms. The molecule has 142 valence electrons. The van der Waals surface area contributed by atoms with E-state index < -0.39 is 0 Å². The lowest BCUT2D eigenvalue weighted by Gasteiger charge is -2.33. The third-order valence-electron chi connectivity index (χ3n) is 4.52. The molecule has 2 heterocycles. The molecule has 1 fully saturated rings. The molecule has 0 atom stereocenters. The van der Waals surface area contributed by atoms with Crippen molar-refractivity contribution in [3.63, 3.8) is 0 Å². The smallest absolute Gasteiger partial charge is 0.191 e. The maximum Gasteiger partial charge on any atom is 0.191 e. The lowest BCUT2D eigenvalue weighted by atomic mass is 10.1. The van der Waals surface area contributed by atoms with Crippen LogP contribution in [0, 0.1) is 5.82 Å². The summed E-state index contributed by atoms with van der Waals surface area (Å²) in [5.74, 6) is 0.652. The largest absolute Gasteiger partial charge is 0.363 e. The first-order valence-electron chi connectivity index (χ1n) is 8.75. The third kappa shape index (κ3) is 5.84. The highest BCUT2D eigenvalue weighted by molar-refractivity contribution is 14.0. The highest BCUT2D eigenvalue weighted by Crippen LogP contribution is 2.24. The van der Waals surface area contributed by atoms with Gasteiger partial charge in [0.1, 0.15) is 5.82 Å². The minimum atomic E-state index is -0.145. The summed E-state index contributed by atoms with van der Waals surface area (Å²) in [4.78, 5) is 6.74. The molecule has 0 amide bonds. The second kappa shape index (κ2) is 10.7. The molecule has 2 aromatic rings. The number of thiophene rings is 1. The molecule has 0 bridgehead atoms. The Balaban J connectivity index is 0.00000243. The highest BCUT2D eigenvalue weighted by atomic mass is 127. The van der Waals surface area contributed by atoms with E-state index in [4.69, 9.17) is 0 Å². The van der Waals surface area contributed by atoms with Crippen LogP contribution in [0.15, 0.2) is 46.8 Å². The Kier molecular flexibility index (Phi) is 8.64. The number of halogens is 2. The zero-order valence-electron chi connectivity index (χ0n) is 15.0. The molecular formula is C19H26FIN4S. The van der Waals surface area contributed by atoms with Crippen LogP contribution in [0.25, 0.3) is 0 Å². The molecule has 3 rings (SSSR count). The first-order chi connectivity index (χ1) is 12.3. The second-order valence-corrected chi connectivity index (χ2v) is 7.12.